The number of carbonyl (C=O) groups is 3. The fourth-order valence-electron chi connectivity index (χ4n) is 2.49. The fourth-order valence-corrected chi connectivity index (χ4v) is 2.49. The number of hydrogen-bond donors (Lipinski definition) is 2. The van der Waals surface area contributed by atoms with Gasteiger partial charge in [-0.15, -0.1) is 0 Å². The number of likely N-dealkylation sites (N-methyl/N-ethyl adjacent to an activating group) is 1. The molecule has 0 spiro atoms. The Labute approximate surface area is 196 Å². The smallest absolute Gasteiger partial charge is 1.00 e. The van der Waals surface area contributed by atoms with E-state index in [2.05, 4.69) is 0 Å². The number of carbonyl (C=O) groups excluding carboxylic acids is 3. The maximum Gasteiger partial charge on any atom is 1.00 e. The van der Waals surface area contributed by atoms with E-state index >= 15 is 0 Å². The molecule has 0 bridgehead atoms. The first-order valence-electron chi connectivity index (χ1n) is 8.77. The van der Waals surface area contributed by atoms with Crippen LogP contribution in [0, 0.1) is 0 Å². The second-order valence-electron chi connectivity index (χ2n) is 5.81. The predicted octanol–water partition coefficient (Wildman–Crippen LogP) is -0.0492. The summed E-state index contributed by atoms with van der Waals surface area (Å²) in [4.78, 5) is 35.3. The van der Waals surface area contributed by atoms with Crippen molar-refractivity contribution in [1.82, 2.24) is 5.06 Å². The maximum atomic E-state index is 11.8. The van der Waals surface area contributed by atoms with Crippen LogP contribution in [0.5, 0.6) is 11.5 Å². The van der Waals surface area contributed by atoms with Crippen LogP contribution in [0.15, 0.2) is 24.3 Å². The SMILES string of the molecule is CCOC(=O)Oc1c2ccc(CC(=O)N(C)O)ccc-2c(OC(=O)OCC)c1N.[H-].[Na+]. The van der Waals surface area contributed by atoms with E-state index in [1.807, 2.05) is 0 Å². The zero-order valence-electron chi connectivity index (χ0n) is 18.3. The molecule has 2 aliphatic rings. The number of nitrogens with zero attached hydrogens (tertiary/aromatic N) is 1. The molecule has 0 aromatic heterocycles. The van der Waals surface area contributed by atoms with Crippen LogP contribution in [-0.4, -0.2) is 48.7 Å². The molecule has 0 aromatic carbocycles. The molecule has 10 nitrogen and oxygen atoms in total. The first kappa shape index (κ1) is 25.5. The first-order chi connectivity index (χ1) is 13.8. The largest absolute Gasteiger partial charge is 1.00 e. The average molecular weight is 430 g/mol. The van der Waals surface area contributed by atoms with Crippen LogP contribution in [0.2, 0.25) is 0 Å². The Balaban J connectivity index is 0.00000450. The summed E-state index contributed by atoms with van der Waals surface area (Å²) in [6, 6.07) is 6.29. The Morgan fingerprint density at radius 1 is 0.967 bits per heavy atom. The van der Waals surface area contributed by atoms with E-state index in [-0.39, 0.29) is 67.8 Å². The second-order valence-corrected chi connectivity index (χ2v) is 5.81. The molecule has 0 aromatic rings. The van der Waals surface area contributed by atoms with Gasteiger partial charge in [0.1, 0.15) is 5.69 Å². The number of ether oxygens (including phenoxy) is 4. The molecule has 0 saturated carbocycles. The molecule has 0 aliphatic heterocycles. The van der Waals surface area contributed by atoms with E-state index in [9.17, 15) is 19.6 Å². The molecule has 0 atom stereocenters. The van der Waals surface area contributed by atoms with E-state index in [0.717, 1.165) is 0 Å². The van der Waals surface area contributed by atoms with Gasteiger partial charge in [-0.2, -0.15) is 0 Å². The molecule has 2 aliphatic carbocycles. The summed E-state index contributed by atoms with van der Waals surface area (Å²) in [6.45, 7) is 3.42. The zero-order valence-corrected chi connectivity index (χ0v) is 19.3. The van der Waals surface area contributed by atoms with Gasteiger partial charge in [0, 0.05) is 18.2 Å². The van der Waals surface area contributed by atoms with Crippen molar-refractivity contribution in [2.75, 3.05) is 26.0 Å². The summed E-state index contributed by atoms with van der Waals surface area (Å²) >= 11 is 0. The van der Waals surface area contributed by atoms with E-state index in [4.69, 9.17) is 24.7 Å². The van der Waals surface area contributed by atoms with Crippen molar-refractivity contribution in [3.8, 4) is 22.6 Å². The summed E-state index contributed by atoms with van der Waals surface area (Å²) in [7, 11) is 1.22. The minimum absolute atomic E-state index is 0. The number of hydrogen-bond acceptors (Lipinski definition) is 9. The van der Waals surface area contributed by atoms with Crippen LogP contribution in [0.4, 0.5) is 15.3 Å². The second kappa shape index (κ2) is 11.6. The van der Waals surface area contributed by atoms with Crippen LogP contribution in [-0.2, 0) is 20.7 Å². The van der Waals surface area contributed by atoms with Gasteiger partial charge in [-0.1, -0.05) is 24.3 Å². The molecule has 0 fully saturated rings. The number of rotatable bonds is 6. The number of nitrogens with two attached hydrogens (primary N) is 1. The molecule has 1 amide bonds. The third-order valence-corrected chi connectivity index (χ3v) is 3.81. The molecule has 0 unspecified atom stereocenters. The normalized spacial score (nSPS) is 10.0. The van der Waals surface area contributed by atoms with E-state index in [0.29, 0.717) is 21.8 Å². The van der Waals surface area contributed by atoms with Gasteiger partial charge in [-0.3, -0.25) is 10.0 Å². The summed E-state index contributed by atoms with van der Waals surface area (Å²) in [5.41, 5.74) is 7.22. The van der Waals surface area contributed by atoms with Crippen LogP contribution < -0.4 is 44.8 Å². The van der Waals surface area contributed by atoms with Gasteiger partial charge in [0.2, 0.25) is 5.91 Å². The molecular formula is C19H23N2NaO8. The topological polar surface area (TPSA) is 138 Å². The van der Waals surface area contributed by atoms with Gasteiger partial charge in [0.25, 0.3) is 0 Å². The molecule has 11 heteroatoms. The number of anilines is 1. The zero-order chi connectivity index (χ0) is 21.6. The number of fused-ring (bicyclic) bond motifs is 1. The van der Waals surface area contributed by atoms with Crippen molar-refractivity contribution in [3.05, 3.63) is 29.8 Å². The molecule has 0 heterocycles. The van der Waals surface area contributed by atoms with Crippen molar-refractivity contribution in [3.63, 3.8) is 0 Å². The minimum Gasteiger partial charge on any atom is -1.00 e. The van der Waals surface area contributed by atoms with E-state index < -0.39 is 18.2 Å². The van der Waals surface area contributed by atoms with Crippen LogP contribution in [0.1, 0.15) is 20.8 Å². The fraction of sp³-hybridized carbons (Fsp3) is 0.316. The number of nitrogen functional groups attached to an aromatic ring is 1. The summed E-state index contributed by atoms with van der Waals surface area (Å²) in [5, 5.41) is 9.72. The third kappa shape index (κ3) is 6.23. The van der Waals surface area contributed by atoms with Crippen LogP contribution >= 0.6 is 0 Å². The Morgan fingerprint density at radius 3 is 1.77 bits per heavy atom. The minimum atomic E-state index is -0.974. The van der Waals surface area contributed by atoms with Crippen molar-refractivity contribution in [1.29, 1.82) is 0 Å². The Bertz CT molecular complexity index is 836. The van der Waals surface area contributed by atoms with Gasteiger partial charge < -0.3 is 26.1 Å². The average Bonchev–Trinajstić information content (AvgIpc) is 2.79. The quantitative estimate of drug-likeness (QED) is 0.280. The molecule has 0 radical (unpaired) electrons. The maximum absolute atomic E-state index is 11.8. The molecule has 158 valence electrons. The Hall–Kier alpha value is -2.53. The standard InChI is InChI=1S/C19H22N2O8.Na.H/c1-4-26-18(23)28-16-12-8-6-11(10-14(22)21(3)25)7-9-13(12)17(15(16)20)29-19(24)27-5-2;;/h6-9,25H,4-5,10,20H2,1-3H3;;/q;+1;-1. The molecular weight excluding hydrogens is 407 g/mol. The monoisotopic (exact) mass is 430 g/mol. The summed E-state index contributed by atoms with van der Waals surface area (Å²) < 4.78 is 19.9. The van der Waals surface area contributed by atoms with Gasteiger partial charge in [-0.05, 0) is 19.4 Å². The third-order valence-electron chi connectivity index (χ3n) is 3.81. The Kier molecular flexibility index (Phi) is 9.86. The van der Waals surface area contributed by atoms with Crippen LogP contribution in [0.3, 0.4) is 0 Å². The van der Waals surface area contributed by atoms with Crippen molar-refractivity contribution in [2.24, 2.45) is 0 Å². The summed E-state index contributed by atoms with van der Waals surface area (Å²) in [6.07, 6.45) is -2.03. The van der Waals surface area contributed by atoms with Crippen LogP contribution in [0.25, 0.3) is 11.1 Å². The Morgan fingerprint density at radius 2 is 1.40 bits per heavy atom. The molecule has 2 rings (SSSR count). The first-order valence-corrected chi connectivity index (χ1v) is 8.77. The van der Waals surface area contributed by atoms with Gasteiger partial charge in [0.15, 0.2) is 11.5 Å². The van der Waals surface area contributed by atoms with E-state index in [1.165, 1.54) is 7.05 Å². The van der Waals surface area contributed by atoms with Gasteiger partial charge >= 0.3 is 41.9 Å². The van der Waals surface area contributed by atoms with Crippen molar-refractivity contribution >= 4 is 23.9 Å². The van der Waals surface area contributed by atoms with E-state index in [1.54, 1.807) is 38.1 Å². The number of hydroxylamine groups is 2. The molecule has 30 heavy (non-hydrogen) atoms. The van der Waals surface area contributed by atoms with Crippen molar-refractivity contribution < 1.29 is 69.5 Å². The van der Waals surface area contributed by atoms with Gasteiger partial charge in [-0.25, -0.2) is 14.7 Å². The number of amides is 1. The predicted molar refractivity (Wildman–Crippen MR) is 102 cm³/mol. The van der Waals surface area contributed by atoms with Crippen molar-refractivity contribution in [2.45, 2.75) is 20.3 Å². The summed E-state index contributed by atoms with van der Waals surface area (Å²) in [5.74, 6) is -0.627. The van der Waals surface area contributed by atoms with Gasteiger partial charge in [0.05, 0.1) is 19.6 Å². The molecule has 0 saturated heterocycles. The molecule has 3 N–H and O–H groups in total.